The zero-order valence-electron chi connectivity index (χ0n) is 11.1. The SMILES string of the molecule is CCOC(CCN1CCN(C)C(=O)C1)OCC. The van der Waals surface area contributed by atoms with Crippen molar-refractivity contribution in [3.63, 3.8) is 0 Å². The van der Waals surface area contributed by atoms with Crippen molar-refractivity contribution in [3.05, 3.63) is 0 Å². The van der Waals surface area contributed by atoms with Gasteiger partial charge in [0.05, 0.1) is 6.54 Å². The molecule has 0 saturated carbocycles. The molecular weight excluding hydrogens is 220 g/mol. The lowest BCUT2D eigenvalue weighted by molar-refractivity contribution is -0.145. The lowest BCUT2D eigenvalue weighted by atomic mass is 10.3. The van der Waals surface area contributed by atoms with Crippen LogP contribution >= 0.6 is 0 Å². The summed E-state index contributed by atoms with van der Waals surface area (Å²) < 4.78 is 11.0. The van der Waals surface area contributed by atoms with Crippen molar-refractivity contribution < 1.29 is 14.3 Å². The lowest BCUT2D eigenvalue weighted by Gasteiger charge is -2.32. The van der Waals surface area contributed by atoms with E-state index in [1.807, 2.05) is 20.9 Å². The molecule has 0 atom stereocenters. The van der Waals surface area contributed by atoms with Gasteiger partial charge in [-0.25, -0.2) is 0 Å². The second kappa shape index (κ2) is 7.63. The van der Waals surface area contributed by atoms with Crippen LogP contribution < -0.4 is 0 Å². The smallest absolute Gasteiger partial charge is 0.236 e. The first-order valence-electron chi connectivity index (χ1n) is 6.36. The van der Waals surface area contributed by atoms with Crippen LogP contribution in [0.4, 0.5) is 0 Å². The summed E-state index contributed by atoms with van der Waals surface area (Å²) >= 11 is 0. The molecule has 0 aromatic carbocycles. The second-order valence-corrected chi connectivity index (χ2v) is 4.22. The Morgan fingerprint density at radius 3 is 2.41 bits per heavy atom. The summed E-state index contributed by atoms with van der Waals surface area (Å²) in [4.78, 5) is 15.5. The molecule has 1 aliphatic heterocycles. The van der Waals surface area contributed by atoms with Crippen molar-refractivity contribution in [2.75, 3.05) is 46.4 Å². The van der Waals surface area contributed by atoms with Crippen LogP contribution in [-0.4, -0.2) is 68.4 Å². The molecule has 1 aliphatic rings. The zero-order chi connectivity index (χ0) is 12.7. The van der Waals surface area contributed by atoms with E-state index in [1.54, 1.807) is 4.90 Å². The number of carbonyl (C=O) groups is 1. The standard InChI is InChI=1S/C12H24N2O3/c1-4-16-12(17-5-2)6-7-14-9-8-13(3)11(15)10-14/h12H,4-10H2,1-3H3. The van der Waals surface area contributed by atoms with E-state index in [2.05, 4.69) is 4.90 Å². The Balaban J connectivity index is 2.26. The highest BCUT2D eigenvalue weighted by atomic mass is 16.7. The van der Waals surface area contributed by atoms with Crippen LogP contribution in [-0.2, 0) is 14.3 Å². The van der Waals surface area contributed by atoms with Crippen molar-refractivity contribution in [1.29, 1.82) is 0 Å². The van der Waals surface area contributed by atoms with Gasteiger partial charge in [-0.3, -0.25) is 9.69 Å². The fourth-order valence-electron chi connectivity index (χ4n) is 1.87. The molecule has 0 bridgehead atoms. The Kier molecular flexibility index (Phi) is 6.47. The lowest BCUT2D eigenvalue weighted by Crippen LogP contribution is -2.49. The summed E-state index contributed by atoms with van der Waals surface area (Å²) in [6.45, 7) is 8.36. The quantitative estimate of drug-likeness (QED) is 0.613. The monoisotopic (exact) mass is 244 g/mol. The number of piperazine rings is 1. The largest absolute Gasteiger partial charge is 0.353 e. The van der Waals surface area contributed by atoms with Gasteiger partial charge >= 0.3 is 0 Å². The highest BCUT2D eigenvalue weighted by Crippen LogP contribution is 2.06. The van der Waals surface area contributed by atoms with E-state index >= 15 is 0 Å². The van der Waals surface area contributed by atoms with Crippen molar-refractivity contribution in [2.24, 2.45) is 0 Å². The van der Waals surface area contributed by atoms with Crippen molar-refractivity contribution in [2.45, 2.75) is 26.6 Å². The zero-order valence-corrected chi connectivity index (χ0v) is 11.1. The highest BCUT2D eigenvalue weighted by Gasteiger charge is 2.21. The van der Waals surface area contributed by atoms with Crippen LogP contribution in [0.5, 0.6) is 0 Å². The molecule has 0 N–H and O–H groups in total. The highest BCUT2D eigenvalue weighted by molar-refractivity contribution is 5.78. The van der Waals surface area contributed by atoms with Crippen molar-refractivity contribution in [1.82, 2.24) is 9.80 Å². The average Bonchev–Trinajstić information content (AvgIpc) is 2.31. The number of rotatable bonds is 7. The minimum Gasteiger partial charge on any atom is -0.353 e. The molecule has 0 radical (unpaired) electrons. The van der Waals surface area contributed by atoms with E-state index < -0.39 is 0 Å². The number of nitrogens with zero attached hydrogens (tertiary/aromatic N) is 2. The Labute approximate surface area is 104 Å². The van der Waals surface area contributed by atoms with Gasteiger partial charge in [0.1, 0.15) is 0 Å². The van der Waals surface area contributed by atoms with Gasteiger partial charge in [0.25, 0.3) is 0 Å². The number of hydrogen-bond donors (Lipinski definition) is 0. The van der Waals surface area contributed by atoms with Crippen LogP contribution in [0.3, 0.4) is 0 Å². The van der Waals surface area contributed by atoms with Gasteiger partial charge in [-0.05, 0) is 13.8 Å². The predicted molar refractivity (Wildman–Crippen MR) is 65.7 cm³/mol. The molecule has 0 spiro atoms. The first-order chi connectivity index (χ1) is 8.17. The second-order valence-electron chi connectivity index (χ2n) is 4.22. The Morgan fingerprint density at radius 2 is 1.88 bits per heavy atom. The van der Waals surface area contributed by atoms with E-state index in [9.17, 15) is 4.79 Å². The molecule has 0 unspecified atom stereocenters. The number of ether oxygens (including phenoxy) is 2. The van der Waals surface area contributed by atoms with Crippen LogP contribution in [0.25, 0.3) is 0 Å². The van der Waals surface area contributed by atoms with Gasteiger partial charge in [0.2, 0.25) is 5.91 Å². The van der Waals surface area contributed by atoms with Crippen molar-refractivity contribution in [3.8, 4) is 0 Å². The molecule has 1 rings (SSSR count). The average molecular weight is 244 g/mol. The molecule has 1 amide bonds. The molecule has 0 aromatic rings. The third kappa shape index (κ3) is 5.02. The topological polar surface area (TPSA) is 42.0 Å². The molecule has 1 saturated heterocycles. The molecule has 5 heteroatoms. The Hall–Kier alpha value is -0.650. The first kappa shape index (κ1) is 14.4. The predicted octanol–water partition coefficient (Wildman–Crippen LogP) is 0.550. The molecule has 0 aliphatic carbocycles. The van der Waals surface area contributed by atoms with Crippen LogP contribution in [0.2, 0.25) is 0 Å². The minimum absolute atomic E-state index is 0.139. The summed E-state index contributed by atoms with van der Waals surface area (Å²) in [5.41, 5.74) is 0. The maximum absolute atomic E-state index is 11.5. The van der Waals surface area contributed by atoms with Crippen LogP contribution in [0.1, 0.15) is 20.3 Å². The summed E-state index contributed by atoms with van der Waals surface area (Å²) in [5.74, 6) is 0.195. The summed E-state index contributed by atoms with van der Waals surface area (Å²) in [7, 11) is 1.85. The fraction of sp³-hybridized carbons (Fsp3) is 0.917. The third-order valence-electron chi connectivity index (χ3n) is 2.92. The summed E-state index contributed by atoms with van der Waals surface area (Å²) in [6.07, 6.45) is 0.679. The Morgan fingerprint density at radius 1 is 1.24 bits per heavy atom. The molecule has 5 nitrogen and oxygen atoms in total. The van der Waals surface area contributed by atoms with Gasteiger partial charge in [-0.2, -0.15) is 0 Å². The Bertz CT molecular complexity index is 230. The van der Waals surface area contributed by atoms with E-state index in [-0.39, 0.29) is 12.2 Å². The normalized spacial score (nSPS) is 18.1. The van der Waals surface area contributed by atoms with E-state index in [1.165, 1.54) is 0 Å². The summed E-state index contributed by atoms with van der Waals surface area (Å²) in [6, 6.07) is 0. The minimum atomic E-state index is -0.139. The van der Waals surface area contributed by atoms with Gasteiger partial charge in [-0.15, -0.1) is 0 Å². The van der Waals surface area contributed by atoms with E-state index in [4.69, 9.17) is 9.47 Å². The van der Waals surface area contributed by atoms with Gasteiger partial charge in [0.15, 0.2) is 6.29 Å². The van der Waals surface area contributed by atoms with Gasteiger partial charge < -0.3 is 14.4 Å². The maximum Gasteiger partial charge on any atom is 0.236 e. The fourth-order valence-corrected chi connectivity index (χ4v) is 1.87. The number of amides is 1. The van der Waals surface area contributed by atoms with Crippen LogP contribution in [0, 0.1) is 0 Å². The van der Waals surface area contributed by atoms with E-state index in [0.717, 1.165) is 26.1 Å². The maximum atomic E-state index is 11.5. The molecule has 17 heavy (non-hydrogen) atoms. The number of hydrogen-bond acceptors (Lipinski definition) is 4. The van der Waals surface area contributed by atoms with E-state index in [0.29, 0.717) is 19.8 Å². The summed E-state index contributed by atoms with van der Waals surface area (Å²) in [5, 5.41) is 0. The van der Waals surface area contributed by atoms with Gasteiger partial charge in [0, 0.05) is 46.3 Å². The van der Waals surface area contributed by atoms with Gasteiger partial charge in [-0.1, -0.05) is 0 Å². The van der Waals surface area contributed by atoms with Crippen molar-refractivity contribution >= 4 is 5.91 Å². The molecule has 0 aromatic heterocycles. The molecule has 100 valence electrons. The molecule has 1 fully saturated rings. The first-order valence-corrected chi connectivity index (χ1v) is 6.36. The van der Waals surface area contributed by atoms with Crippen LogP contribution in [0.15, 0.2) is 0 Å². The molecule has 1 heterocycles. The number of likely N-dealkylation sites (N-methyl/N-ethyl adjacent to an activating group) is 1. The third-order valence-corrected chi connectivity index (χ3v) is 2.92. The molecular formula is C12H24N2O3. The number of carbonyl (C=O) groups excluding carboxylic acids is 1.